The summed E-state index contributed by atoms with van der Waals surface area (Å²) in [6, 6.07) is 0. The number of hydrogen-bond acceptors (Lipinski definition) is 3. The van der Waals surface area contributed by atoms with Crippen molar-refractivity contribution in [1.29, 1.82) is 0 Å². The summed E-state index contributed by atoms with van der Waals surface area (Å²) in [6.45, 7) is 1.35. The highest BCUT2D eigenvalue weighted by atomic mass is 79.9. The first-order valence-electron chi connectivity index (χ1n) is 2.58. The summed E-state index contributed by atoms with van der Waals surface area (Å²) in [4.78, 5) is 11.6. The highest BCUT2D eigenvalue weighted by molar-refractivity contribution is 8.93. The molecule has 0 fully saturated rings. The number of halogens is 1. The van der Waals surface area contributed by atoms with E-state index in [0.717, 1.165) is 0 Å². The van der Waals surface area contributed by atoms with E-state index in [1.807, 2.05) is 31.5 Å². The molecule has 0 aliphatic rings. The molecule has 5 heteroatoms. The van der Waals surface area contributed by atoms with Crippen LogP contribution in [0.15, 0.2) is 0 Å². The second-order valence-electron chi connectivity index (χ2n) is 2.04. The van der Waals surface area contributed by atoms with Crippen molar-refractivity contribution >= 4 is 22.9 Å². The van der Waals surface area contributed by atoms with Gasteiger partial charge in [-0.15, -0.1) is 17.0 Å². The van der Waals surface area contributed by atoms with Gasteiger partial charge in [0.15, 0.2) is 0 Å². The van der Waals surface area contributed by atoms with Crippen LogP contribution in [-0.2, 0) is 4.79 Å². The third kappa shape index (κ3) is 106. The van der Waals surface area contributed by atoms with Gasteiger partial charge in [0.05, 0.1) is 0 Å². The van der Waals surface area contributed by atoms with E-state index < -0.39 is 0 Å². The maximum atomic E-state index is 9.58. The molecular weight excluding hydrogens is 198 g/mol. The first-order valence-corrected chi connectivity index (χ1v) is 2.58. The van der Waals surface area contributed by atoms with Crippen LogP contribution in [0.3, 0.4) is 0 Å². The Morgan fingerprint density at radius 3 is 1.50 bits per heavy atom. The van der Waals surface area contributed by atoms with Crippen molar-refractivity contribution in [1.82, 2.24) is 10.3 Å². The predicted octanol–water partition coefficient (Wildman–Crippen LogP) is -0.248. The number of nitrogens with one attached hydrogen (secondary N) is 1. The second-order valence-corrected chi connectivity index (χ2v) is 2.04. The van der Waals surface area contributed by atoms with Gasteiger partial charge < -0.3 is 4.90 Å². The minimum atomic E-state index is -0.218. The first-order chi connectivity index (χ1) is 4.00. The summed E-state index contributed by atoms with van der Waals surface area (Å²) >= 11 is 0. The molecule has 0 aliphatic carbocycles. The van der Waals surface area contributed by atoms with Crippen molar-refractivity contribution < 1.29 is 4.79 Å². The molecule has 0 saturated carbocycles. The number of nitrogens with two attached hydrogens (primary N) is 1. The molecule has 0 heterocycles. The molecule has 0 aromatic rings. The number of hydrogen-bond donors (Lipinski definition) is 2. The molecule has 0 bridgehead atoms. The van der Waals surface area contributed by atoms with Gasteiger partial charge in [0.1, 0.15) is 0 Å². The van der Waals surface area contributed by atoms with Crippen molar-refractivity contribution in [3.8, 4) is 0 Å². The molecule has 1 amide bonds. The first kappa shape index (κ1) is 16.5. The molecule has 0 spiro atoms. The molecule has 0 radical (unpaired) electrons. The zero-order chi connectivity index (χ0) is 7.86. The lowest BCUT2D eigenvalue weighted by molar-refractivity contribution is -0.119. The summed E-state index contributed by atoms with van der Waals surface area (Å²) in [5.74, 6) is 4.35. The lowest BCUT2D eigenvalue weighted by Crippen LogP contribution is -2.26. The molecule has 0 rings (SSSR count). The number of nitrogens with zero attached hydrogens (tertiary/aromatic N) is 1. The van der Waals surface area contributed by atoms with Gasteiger partial charge in [-0.2, -0.15) is 0 Å². The van der Waals surface area contributed by atoms with Gasteiger partial charge in [-0.05, 0) is 21.1 Å². The summed E-state index contributed by atoms with van der Waals surface area (Å²) in [7, 11) is 6.00. The monoisotopic (exact) mass is 213 g/mol. The summed E-state index contributed by atoms with van der Waals surface area (Å²) < 4.78 is 0. The smallest absolute Gasteiger partial charge is 0.230 e. The van der Waals surface area contributed by atoms with Crippen molar-refractivity contribution in [3.05, 3.63) is 0 Å². The Kier molecular flexibility index (Phi) is 19.2. The van der Waals surface area contributed by atoms with Gasteiger partial charge in [-0.1, -0.05) is 0 Å². The van der Waals surface area contributed by atoms with Crippen molar-refractivity contribution in [2.75, 3.05) is 21.1 Å². The third-order valence-electron chi connectivity index (χ3n) is 0.203. The number of hydrazine groups is 1. The average Bonchev–Trinajstić information content (AvgIpc) is 1.65. The minimum Gasteiger partial charge on any atom is -0.312 e. The van der Waals surface area contributed by atoms with Crippen molar-refractivity contribution in [3.63, 3.8) is 0 Å². The van der Waals surface area contributed by atoms with E-state index in [9.17, 15) is 4.79 Å². The fourth-order valence-corrected chi connectivity index (χ4v) is 0. The van der Waals surface area contributed by atoms with E-state index in [0.29, 0.717) is 0 Å². The Morgan fingerprint density at radius 2 is 1.50 bits per heavy atom. The minimum absolute atomic E-state index is 0. The number of carbonyl (C=O) groups excluding carboxylic acids is 1. The Morgan fingerprint density at radius 1 is 1.40 bits per heavy atom. The molecule has 0 unspecified atom stereocenters. The van der Waals surface area contributed by atoms with E-state index in [1.54, 1.807) is 0 Å². The molecule has 0 aromatic heterocycles. The molecule has 4 nitrogen and oxygen atoms in total. The molecular formula is C5H16BrN3O. The predicted molar refractivity (Wildman–Crippen MR) is 47.9 cm³/mol. The molecule has 0 atom stereocenters. The zero-order valence-corrected chi connectivity index (χ0v) is 8.55. The average molecular weight is 214 g/mol. The van der Waals surface area contributed by atoms with Crippen LogP contribution in [0.25, 0.3) is 0 Å². The third-order valence-corrected chi connectivity index (χ3v) is 0.203. The van der Waals surface area contributed by atoms with Gasteiger partial charge >= 0.3 is 0 Å². The van der Waals surface area contributed by atoms with Gasteiger partial charge in [0, 0.05) is 6.92 Å². The van der Waals surface area contributed by atoms with E-state index in [-0.39, 0.29) is 22.9 Å². The van der Waals surface area contributed by atoms with Gasteiger partial charge in [0.25, 0.3) is 0 Å². The summed E-state index contributed by atoms with van der Waals surface area (Å²) in [5.41, 5.74) is 1.89. The zero-order valence-electron chi connectivity index (χ0n) is 6.84. The Labute approximate surface area is 72.5 Å². The Balaban J connectivity index is -0.0000000910. The van der Waals surface area contributed by atoms with Gasteiger partial charge in [-0.3, -0.25) is 10.2 Å². The quantitative estimate of drug-likeness (QED) is 0.332. The summed E-state index contributed by atoms with van der Waals surface area (Å²) in [5, 5.41) is 0. The Hall–Kier alpha value is -0.130. The largest absolute Gasteiger partial charge is 0.312 e. The van der Waals surface area contributed by atoms with E-state index >= 15 is 0 Å². The fraction of sp³-hybridized carbons (Fsp3) is 0.800. The molecule has 0 saturated heterocycles. The van der Waals surface area contributed by atoms with Crippen LogP contribution in [0.4, 0.5) is 0 Å². The van der Waals surface area contributed by atoms with Crippen LogP contribution in [0.5, 0.6) is 0 Å². The maximum Gasteiger partial charge on any atom is 0.230 e. The molecule has 10 heavy (non-hydrogen) atoms. The second kappa shape index (κ2) is 11.6. The standard InChI is InChI=1S/C3H9N.C2H6N2O.BrH/c1-4(2)3;1-2(5)4-3;/h1-3H3;3H2,1H3,(H,4,5);1H. The lowest BCUT2D eigenvalue weighted by Gasteiger charge is -1.90. The molecule has 0 aromatic carbocycles. The topological polar surface area (TPSA) is 58.4 Å². The van der Waals surface area contributed by atoms with Gasteiger partial charge in [-0.25, -0.2) is 5.84 Å². The lowest BCUT2D eigenvalue weighted by atomic mass is 10.8. The van der Waals surface area contributed by atoms with Crippen molar-refractivity contribution in [2.45, 2.75) is 6.92 Å². The van der Waals surface area contributed by atoms with Crippen LogP contribution in [-0.4, -0.2) is 32.0 Å². The van der Waals surface area contributed by atoms with E-state index in [1.165, 1.54) is 6.92 Å². The van der Waals surface area contributed by atoms with Gasteiger partial charge in [0.2, 0.25) is 5.91 Å². The van der Waals surface area contributed by atoms with Crippen LogP contribution >= 0.6 is 17.0 Å². The van der Waals surface area contributed by atoms with Crippen LogP contribution in [0.2, 0.25) is 0 Å². The normalized spacial score (nSPS) is 7.00. The summed E-state index contributed by atoms with van der Waals surface area (Å²) in [6.07, 6.45) is 0. The molecule has 0 aliphatic heterocycles. The Bertz CT molecular complexity index is 74.5. The molecule has 3 N–H and O–H groups in total. The van der Waals surface area contributed by atoms with Crippen LogP contribution < -0.4 is 11.3 Å². The van der Waals surface area contributed by atoms with E-state index in [4.69, 9.17) is 0 Å². The fourth-order valence-electron chi connectivity index (χ4n) is 0. The SMILES string of the molecule is Br.CC(=O)NN.CN(C)C. The number of carbonyl (C=O) groups is 1. The molecule has 64 valence electrons. The van der Waals surface area contributed by atoms with Crippen LogP contribution in [0.1, 0.15) is 6.92 Å². The number of amides is 1. The van der Waals surface area contributed by atoms with Crippen LogP contribution in [0, 0.1) is 0 Å². The number of rotatable bonds is 0. The van der Waals surface area contributed by atoms with Crippen molar-refractivity contribution in [2.24, 2.45) is 5.84 Å². The maximum absolute atomic E-state index is 9.58. The highest BCUT2D eigenvalue weighted by Gasteiger charge is 1.73. The van der Waals surface area contributed by atoms with E-state index in [2.05, 4.69) is 5.84 Å². The highest BCUT2D eigenvalue weighted by Crippen LogP contribution is 1.47.